The molecule has 20 heavy (non-hydrogen) atoms. The van der Waals surface area contributed by atoms with E-state index < -0.39 is 9.84 Å². The molecule has 0 aliphatic heterocycles. The molecule has 1 aromatic heterocycles. The normalized spacial score (nSPS) is 18.2. The molecule has 0 saturated heterocycles. The number of fused-ring (bicyclic) bond motifs is 1. The lowest BCUT2D eigenvalue weighted by Crippen LogP contribution is -2.21. The Bertz CT molecular complexity index is 713. The summed E-state index contributed by atoms with van der Waals surface area (Å²) in [6.07, 6.45) is 5.52. The topological polar surface area (TPSA) is 86.2 Å². The minimum atomic E-state index is -3.48. The molecule has 2 aromatic rings. The zero-order valence-corrected chi connectivity index (χ0v) is 12.0. The lowest BCUT2D eigenvalue weighted by molar-refractivity contribution is 0.449. The van der Waals surface area contributed by atoms with Crippen molar-refractivity contribution in [3.8, 4) is 0 Å². The minimum Gasteiger partial charge on any atom is -0.428 e. The molecule has 0 bridgehead atoms. The highest BCUT2D eigenvalue weighted by molar-refractivity contribution is 7.91. The molecule has 1 aliphatic carbocycles. The first-order valence-electron chi connectivity index (χ1n) is 6.97. The van der Waals surface area contributed by atoms with Crippen molar-refractivity contribution in [2.24, 2.45) is 0 Å². The highest BCUT2D eigenvalue weighted by Gasteiger charge is 2.32. The Hall–Kier alpha value is -1.56. The SMILES string of the molecule is Nc1ccc2nc(S(=O)(=O)C3CCCCCC3)oc2c1. The molecular formula is C14H18N2O3S. The second-order valence-electron chi connectivity index (χ2n) is 5.37. The van der Waals surface area contributed by atoms with Crippen molar-refractivity contribution in [2.75, 3.05) is 5.73 Å². The maximum Gasteiger partial charge on any atom is 0.316 e. The molecule has 1 saturated carbocycles. The molecule has 1 aromatic carbocycles. The number of anilines is 1. The Balaban J connectivity index is 1.99. The van der Waals surface area contributed by atoms with Crippen molar-refractivity contribution >= 4 is 26.6 Å². The van der Waals surface area contributed by atoms with Gasteiger partial charge in [0.25, 0.3) is 0 Å². The number of hydrogen-bond donors (Lipinski definition) is 1. The van der Waals surface area contributed by atoms with Gasteiger partial charge in [-0.25, -0.2) is 8.42 Å². The number of nitrogens with two attached hydrogens (primary N) is 1. The van der Waals surface area contributed by atoms with E-state index >= 15 is 0 Å². The molecule has 0 radical (unpaired) electrons. The molecule has 1 aliphatic rings. The monoisotopic (exact) mass is 294 g/mol. The summed E-state index contributed by atoms with van der Waals surface area (Å²) in [6.45, 7) is 0. The number of nitrogens with zero attached hydrogens (tertiary/aromatic N) is 1. The third kappa shape index (κ3) is 2.40. The summed E-state index contributed by atoms with van der Waals surface area (Å²) in [6, 6.07) is 4.97. The van der Waals surface area contributed by atoms with Crippen molar-refractivity contribution in [1.29, 1.82) is 0 Å². The number of oxazole rings is 1. The molecule has 0 unspecified atom stereocenters. The van der Waals surface area contributed by atoms with E-state index in [1.807, 2.05) is 0 Å². The van der Waals surface area contributed by atoms with E-state index in [1.54, 1.807) is 18.2 Å². The van der Waals surface area contributed by atoms with Crippen LogP contribution in [0, 0.1) is 0 Å². The van der Waals surface area contributed by atoms with E-state index in [-0.39, 0.29) is 10.5 Å². The van der Waals surface area contributed by atoms with Gasteiger partial charge in [-0.1, -0.05) is 25.7 Å². The number of nitrogen functional groups attached to an aromatic ring is 1. The highest BCUT2D eigenvalue weighted by Crippen LogP contribution is 2.29. The molecule has 6 heteroatoms. The van der Waals surface area contributed by atoms with Gasteiger partial charge in [0.15, 0.2) is 5.58 Å². The van der Waals surface area contributed by atoms with Crippen LogP contribution >= 0.6 is 0 Å². The Labute approximate surface area is 118 Å². The predicted molar refractivity (Wildman–Crippen MR) is 77.1 cm³/mol. The van der Waals surface area contributed by atoms with Gasteiger partial charge in [0, 0.05) is 11.8 Å². The average molecular weight is 294 g/mol. The van der Waals surface area contributed by atoms with Crippen LogP contribution in [0.5, 0.6) is 0 Å². The number of sulfone groups is 1. The summed E-state index contributed by atoms with van der Waals surface area (Å²) in [5.74, 6) is 0. The highest BCUT2D eigenvalue weighted by atomic mass is 32.2. The molecule has 1 fully saturated rings. The fourth-order valence-corrected chi connectivity index (χ4v) is 4.41. The second kappa shape index (κ2) is 5.09. The number of rotatable bonds is 2. The molecule has 0 atom stereocenters. The maximum atomic E-state index is 12.6. The largest absolute Gasteiger partial charge is 0.428 e. The number of aromatic nitrogens is 1. The maximum absolute atomic E-state index is 12.6. The van der Waals surface area contributed by atoms with E-state index in [4.69, 9.17) is 10.2 Å². The smallest absolute Gasteiger partial charge is 0.316 e. The molecule has 5 nitrogen and oxygen atoms in total. The summed E-state index contributed by atoms with van der Waals surface area (Å²) in [4.78, 5) is 4.12. The summed E-state index contributed by atoms with van der Waals surface area (Å²) in [5, 5.41) is -0.527. The van der Waals surface area contributed by atoms with Crippen LogP contribution in [0.3, 0.4) is 0 Å². The molecule has 0 amide bonds. The van der Waals surface area contributed by atoms with Crippen LogP contribution in [-0.4, -0.2) is 18.7 Å². The molecule has 0 spiro atoms. The zero-order chi connectivity index (χ0) is 14.2. The summed E-state index contributed by atoms with van der Waals surface area (Å²) in [5.41, 5.74) is 7.16. The average Bonchev–Trinajstić information content (AvgIpc) is 2.65. The fourth-order valence-electron chi connectivity index (χ4n) is 2.74. The first-order chi connectivity index (χ1) is 9.57. The second-order valence-corrected chi connectivity index (χ2v) is 7.47. The fraction of sp³-hybridized carbons (Fsp3) is 0.500. The molecule has 3 rings (SSSR count). The van der Waals surface area contributed by atoms with Crippen LogP contribution in [0.2, 0.25) is 0 Å². The van der Waals surface area contributed by atoms with Gasteiger partial charge < -0.3 is 10.2 Å². The first kappa shape index (κ1) is 13.4. The van der Waals surface area contributed by atoms with Crippen molar-refractivity contribution in [3.63, 3.8) is 0 Å². The quantitative estimate of drug-likeness (QED) is 0.680. The van der Waals surface area contributed by atoms with Crippen LogP contribution < -0.4 is 5.73 Å². The number of hydrogen-bond acceptors (Lipinski definition) is 5. The predicted octanol–water partition coefficient (Wildman–Crippen LogP) is 2.91. The van der Waals surface area contributed by atoms with Gasteiger partial charge in [-0.05, 0) is 25.0 Å². The van der Waals surface area contributed by atoms with Crippen molar-refractivity contribution < 1.29 is 12.8 Å². The number of benzene rings is 1. The van der Waals surface area contributed by atoms with E-state index in [9.17, 15) is 8.42 Å². The van der Waals surface area contributed by atoms with E-state index in [1.165, 1.54) is 0 Å². The van der Waals surface area contributed by atoms with Crippen LogP contribution in [0.25, 0.3) is 11.1 Å². The van der Waals surface area contributed by atoms with Crippen molar-refractivity contribution in [2.45, 2.75) is 49.0 Å². The van der Waals surface area contributed by atoms with Crippen LogP contribution in [0.15, 0.2) is 27.8 Å². The zero-order valence-electron chi connectivity index (χ0n) is 11.2. The van der Waals surface area contributed by atoms with Crippen LogP contribution in [-0.2, 0) is 9.84 Å². The summed E-state index contributed by atoms with van der Waals surface area (Å²) in [7, 11) is -3.48. The molecule has 1 heterocycles. The van der Waals surface area contributed by atoms with Gasteiger partial charge in [0.2, 0.25) is 9.84 Å². The van der Waals surface area contributed by atoms with Crippen LogP contribution in [0.1, 0.15) is 38.5 Å². The minimum absolute atomic E-state index is 0.162. The van der Waals surface area contributed by atoms with Gasteiger partial charge in [-0.3, -0.25) is 0 Å². The Morgan fingerprint density at radius 3 is 2.55 bits per heavy atom. The van der Waals surface area contributed by atoms with E-state index in [0.717, 1.165) is 25.7 Å². The Kier molecular flexibility index (Phi) is 3.41. The standard InChI is InChI=1S/C14H18N2O3S/c15-10-7-8-12-13(9-10)19-14(16-12)20(17,18)11-5-3-1-2-4-6-11/h7-9,11H,1-6,15H2. The Morgan fingerprint density at radius 1 is 1.15 bits per heavy atom. The third-order valence-electron chi connectivity index (χ3n) is 3.88. The summed E-state index contributed by atoms with van der Waals surface area (Å²) < 4.78 is 30.6. The lowest BCUT2D eigenvalue weighted by atomic mass is 10.2. The van der Waals surface area contributed by atoms with Gasteiger partial charge in [0.05, 0.1) is 5.25 Å². The summed E-state index contributed by atoms with van der Waals surface area (Å²) >= 11 is 0. The van der Waals surface area contributed by atoms with Gasteiger partial charge in [-0.2, -0.15) is 4.98 Å². The van der Waals surface area contributed by atoms with Crippen molar-refractivity contribution in [3.05, 3.63) is 18.2 Å². The first-order valence-corrected chi connectivity index (χ1v) is 8.52. The lowest BCUT2D eigenvalue weighted by Gasteiger charge is -2.11. The van der Waals surface area contributed by atoms with Gasteiger partial charge >= 0.3 is 5.22 Å². The van der Waals surface area contributed by atoms with Gasteiger partial charge in [-0.15, -0.1) is 0 Å². The third-order valence-corrected chi connectivity index (χ3v) is 5.89. The molecule has 108 valence electrons. The molecule has 2 N–H and O–H groups in total. The van der Waals surface area contributed by atoms with Crippen molar-refractivity contribution in [1.82, 2.24) is 4.98 Å². The van der Waals surface area contributed by atoms with Crippen LogP contribution in [0.4, 0.5) is 5.69 Å². The van der Waals surface area contributed by atoms with Gasteiger partial charge in [0.1, 0.15) is 5.52 Å². The van der Waals surface area contributed by atoms with E-state index in [0.29, 0.717) is 29.6 Å². The Morgan fingerprint density at radius 2 is 1.85 bits per heavy atom. The van der Waals surface area contributed by atoms with E-state index in [2.05, 4.69) is 4.98 Å². The molecular weight excluding hydrogens is 276 g/mol.